The first kappa shape index (κ1) is 43.7. The molecule has 13 heteroatoms. The highest BCUT2D eigenvalue weighted by molar-refractivity contribution is 5.98. The van der Waals surface area contributed by atoms with Crippen molar-refractivity contribution in [1.82, 2.24) is 19.1 Å². The molecule has 2 heterocycles. The molecule has 6 aromatic rings. The Morgan fingerprint density at radius 1 is 0.625 bits per heavy atom. The van der Waals surface area contributed by atoms with E-state index in [0.29, 0.717) is 60.0 Å². The molecular weight excluding hydrogens is 809 g/mol. The summed E-state index contributed by atoms with van der Waals surface area (Å²) in [4.78, 5) is 53.6. The SMILES string of the molecule is COC(=O)CC1(C(=O)C2(CC(=O)OC)CCCCC2c2ccc3c(c2)nc(COc2ccc(C#N)cc2)n3C)CCCCC1c1ccc2c(c1)nc(COc1ccc(C#N)cc1)n2C. The molecule has 2 fully saturated rings. The zero-order valence-corrected chi connectivity index (χ0v) is 36.8. The largest absolute Gasteiger partial charge is 0.486 e. The standard InChI is InChI=1S/C51H52N6O7/c1-56-43-21-15-35(25-41(43)54-45(56)31-63-37-17-11-33(29-52)12-18-37)39-9-5-7-23-50(39,27-47(58)61-3)49(60)51(28-48(59)62-4)24-8-6-10-40(51)36-16-22-44-42(26-36)55-46(57(44)2)32-64-38-19-13-34(30-53)14-20-38/h11-22,25-26,39-40H,5-10,23-24,27-28,31-32H2,1-4H3. The van der Waals surface area contributed by atoms with Crippen molar-refractivity contribution in [2.24, 2.45) is 24.9 Å². The van der Waals surface area contributed by atoms with E-state index in [1.807, 2.05) is 59.6 Å². The number of ether oxygens (including phenoxy) is 4. The monoisotopic (exact) mass is 860 g/mol. The number of hydrogen-bond donors (Lipinski definition) is 0. The van der Waals surface area contributed by atoms with Crippen LogP contribution < -0.4 is 9.47 Å². The number of hydrogen-bond acceptors (Lipinski definition) is 11. The van der Waals surface area contributed by atoms with E-state index in [4.69, 9.17) is 28.9 Å². The topological polar surface area (TPSA) is 171 Å². The quantitative estimate of drug-likeness (QED) is 0.0957. The van der Waals surface area contributed by atoms with E-state index in [9.17, 15) is 20.1 Å². The van der Waals surface area contributed by atoms with Gasteiger partial charge in [0, 0.05) is 24.9 Å². The van der Waals surface area contributed by atoms with Crippen molar-refractivity contribution in [2.75, 3.05) is 14.2 Å². The Morgan fingerprint density at radius 2 is 1.03 bits per heavy atom. The second kappa shape index (κ2) is 18.4. The summed E-state index contributed by atoms with van der Waals surface area (Å²) in [6.07, 6.45) is 5.26. The summed E-state index contributed by atoms with van der Waals surface area (Å²) in [6.45, 7) is 0.409. The Bertz CT molecular complexity index is 2610. The predicted octanol–water partition coefficient (Wildman–Crippen LogP) is 9.04. The highest BCUT2D eigenvalue weighted by Gasteiger charge is 2.59. The fraction of sp³-hybridized carbons (Fsp3) is 0.392. The normalized spacial score (nSPS) is 20.8. The van der Waals surface area contributed by atoms with Crippen molar-refractivity contribution < 1.29 is 33.3 Å². The molecule has 0 saturated heterocycles. The number of rotatable bonds is 14. The molecule has 0 N–H and O–H groups in total. The molecule has 0 amide bonds. The van der Waals surface area contributed by atoms with Gasteiger partial charge >= 0.3 is 11.9 Å². The zero-order chi connectivity index (χ0) is 45.0. The molecule has 0 spiro atoms. The van der Waals surface area contributed by atoms with E-state index >= 15 is 4.79 Å². The minimum absolute atomic E-state index is 0.0829. The number of carbonyl (C=O) groups is 3. The first-order valence-electron chi connectivity index (χ1n) is 21.9. The average Bonchev–Trinajstić information content (AvgIpc) is 3.83. The predicted molar refractivity (Wildman–Crippen MR) is 238 cm³/mol. The second-order valence-electron chi connectivity index (χ2n) is 17.3. The fourth-order valence-electron chi connectivity index (χ4n) is 10.5. The second-order valence-corrected chi connectivity index (χ2v) is 17.3. The summed E-state index contributed by atoms with van der Waals surface area (Å²) in [7, 11) is 6.59. The number of carbonyl (C=O) groups excluding carboxylic acids is 3. The van der Waals surface area contributed by atoms with Crippen LogP contribution in [0.25, 0.3) is 22.1 Å². The van der Waals surface area contributed by atoms with Gasteiger partial charge in [-0.25, -0.2) is 9.97 Å². The molecule has 0 bridgehead atoms. The molecule has 2 aliphatic carbocycles. The van der Waals surface area contributed by atoms with Crippen molar-refractivity contribution >= 4 is 39.8 Å². The smallest absolute Gasteiger partial charge is 0.306 e. The molecule has 4 aromatic carbocycles. The molecule has 2 aliphatic rings. The lowest BCUT2D eigenvalue weighted by molar-refractivity contribution is -0.160. The lowest BCUT2D eigenvalue weighted by Crippen LogP contribution is -2.53. The van der Waals surface area contributed by atoms with Crippen LogP contribution in [0, 0.1) is 33.5 Å². The van der Waals surface area contributed by atoms with Crippen molar-refractivity contribution in [3.63, 3.8) is 0 Å². The maximum absolute atomic E-state index is 16.3. The Morgan fingerprint density at radius 3 is 1.41 bits per heavy atom. The lowest BCUT2D eigenvalue weighted by atomic mass is 9.49. The fourth-order valence-corrected chi connectivity index (χ4v) is 10.5. The van der Waals surface area contributed by atoms with Gasteiger partial charge in [0.1, 0.15) is 42.1 Å². The summed E-state index contributed by atoms with van der Waals surface area (Å²) in [6, 6.07) is 30.3. The Labute approximate surface area is 372 Å². The number of Topliss-reactive ketones (excluding diaryl/α,β-unsaturated/α-hetero) is 1. The van der Waals surface area contributed by atoms with E-state index in [0.717, 1.165) is 58.9 Å². The van der Waals surface area contributed by atoms with Crippen molar-refractivity contribution in [3.05, 3.63) is 119 Å². The highest BCUT2D eigenvalue weighted by atomic mass is 16.5. The average molecular weight is 861 g/mol. The number of imidazole rings is 2. The van der Waals surface area contributed by atoms with Gasteiger partial charge in [0.2, 0.25) is 0 Å². The van der Waals surface area contributed by atoms with E-state index in [2.05, 4.69) is 12.1 Å². The first-order valence-corrected chi connectivity index (χ1v) is 21.9. The van der Waals surface area contributed by atoms with E-state index in [-0.39, 0.29) is 43.7 Å². The van der Waals surface area contributed by atoms with Crippen LogP contribution in [-0.2, 0) is 51.2 Å². The number of nitrogens with zero attached hydrogens (tertiary/aromatic N) is 6. The van der Waals surface area contributed by atoms with Crippen LogP contribution in [0.15, 0.2) is 84.9 Å². The van der Waals surface area contributed by atoms with Gasteiger partial charge in [-0.15, -0.1) is 0 Å². The van der Waals surface area contributed by atoms with Gasteiger partial charge in [-0.1, -0.05) is 37.8 Å². The summed E-state index contributed by atoms with van der Waals surface area (Å²) >= 11 is 0. The van der Waals surface area contributed by atoms with Crippen LogP contribution in [0.1, 0.15) is 110 Å². The van der Waals surface area contributed by atoms with Gasteiger partial charge in [-0.2, -0.15) is 10.5 Å². The zero-order valence-electron chi connectivity index (χ0n) is 36.8. The van der Waals surface area contributed by atoms with E-state index in [1.54, 1.807) is 48.5 Å². The number of ketones is 1. The molecule has 328 valence electrons. The third kappa shape index (κ3) is 8.30. The summed E-state index contributed by atoms with van der Waals surface area (Å²) in [5.74, 6) is 0.929. The molecule has 2 saturated carbocycles. The Balaban J connectivity index is 1.16. The minimum atomic E-state index is -1.18. The van der Waals surface area contributed by atoms with Gasteiger partial charge in [-0.05, 0) is 121 Å². The van der Waals surface area contributed by atoms with Gasteiger partial charge in [0.25, 0.3) is 0 Å². The van der Waals surface area contributed by atoms with Crippen LogP contribution in [0.5, 0.6) is 11.5 Å². The summed E-state index contributed by atoms with van der Waals surface area (Å²) in [5, 5.41) is 18.4. The Kier molecular flexibility index (Phi) is 12.5. The van der Waals surface area contributed by atoms with Gasteiger partial charge in [-0.3, -0.25) is 14.4 Å². The van der Waals surface area contributed by atoms with Gasteiger partial charge in [0.15, 0.2) is 0 Å². The van der Waals surface area contributed by atoms with Gasteiger partial charge in [0.05, 0.1) is 72.4 Å². The van der Waals surface area contributed by atoms with E-state index in [1.165, 1.54) is 14.2 Å². The van der Waals surface area contributed by atoms with Crippen LogP contribution >= 0.6 is 0 Å². The van der Waals surface area contributed by atoms with Crippen molar-refractivity contribution in [2.45, 2.75) is 89.3 Å². The number of esters is 2. The number of aromatic nitrogens is 4. The number of nitriles is 2. The van der Waals surface area contributed by atoms with Crippen molar-refractivity contribution in [3.8, 4) is 23.6 Å². The molecule has 4 unspecified atom stereocenters. The Hall–Kier alpha value is -6.99. The van der Waals surface area contributed by atoms with Crippen LogP contribution in [0.4, 0.5) is 0 Å². The molecule has 0 aliphatic heterocycles. The van der Waals surface area contributed by atoms with Crippen LogP contribution in [0.3, 0.4) is 0 Å². The molecule has 0 radical (unpaired) electrons. The van der Waals surface area contributed by atoms with E-state index < -0.39 is 22.8 Å². The van der Waals surface area contributed by atoms with Crippen molar-refractivity contribution in [1.29, 1.82) is 10.5 Å². The maximum atomic E-state index is 16.3. The number of fused-ring (bicyclic) bond motifs is 2. The number of methoxy groups -OCH3 is 2. The summed E-state index contributed by atoms with van der Waals surface area (Å²) in [5.41, 5.74) is 3.84. The molecule has 8 rings (SSSR count). The van der Waals surface area contributed by atoms with Crippen LogP contribution in [0.2, 0.25) is 0 Å². The summed E-state index contributed by atoms with van der Waals surface area (Å²) < 4.78 is 26.8. The minimum Gasteiger partial charge on any atom is -0.486 e. The maximum Gasteiger partial charge on any atom is 0.306 e. The molecular formula is C51H52N6O7. The third-order valence-corrected chi connectivity index (χ3v) is 13.8. The van der Waals surface area contributed by atoms with Gasteiger partial charge < -0.3 is 28.1 Å². The number of benzene rings is 4. The molecule has 13 nitrogen and oxygen atoms in total. The highest BCUT2D eigenvalue weighted by Crippen LogP contribution is 2.60. The molecule has 4 atom stereocenters. The lowest BCUT2D eigenvalue weighted by Gasteiger charge is -2.52. The molecule has 64 heavy (non-hydrogen) atoms. The molecule has 2 aromatic heterocycles. The van der Waals surface area contributed by atoms with Crippen LogP contribution in [-0.4, -0.2) is 51.0 Å². The first-order chi connectivity index (χ1) is 31.0. The number of aryl methyl sites for hydroxylation is 2. The third-order valence-electron chi connectivity index (χ3n) is 13.8.